The Hall–Kier alpha value is -2.54. The van der Waals surface area contributed by atoms with Gasteiger partial charge in [0, 0.05) is 6.54 Å². The van der Waals surface area contributed by atoms with E-state index in [1.54, 1.807) is 11.8 Å². The first-order valence-electron chi connectivity index (χ1n) is 8.98. The lowest BCUT2D eigenvalue weighted by molar-refractivity contribution is -0.142. The van der Waals surface area contributed by atoms with Crippen molar-refractivity contribution in [1.82, 2.24) is 16.0 Å². The fourth-order valence-electron chi connectivity index (χ4n) is 2.09. The second kappa shape index (κ2) is 14.5. The maximum Gasteiger partial charge on any atom is 0.326 e. The van der Waals surface area contributed by atoms with Gasteiger partial charge in [-0.1, -0.05) is 0 Å². The Bertz CT molecular complexity index is 598. The maximum atomic E-state index is 12.1. The predicted molar refractivity (Wildman–Crippen MR) is 111 cm³/mol. The topological polar surface area (TPSA) is 215 Å². The molecule has 3 unspecified atom stereocenters. The maximum absolute atomic E-state index is 12.1. The van der Waals surface area contributed by atoms with Crippen LogP contribution in [-0.2, 0) is 19.2 Å². The van der Waals surface area contributed by atoms with Crippen molar-refractivity contribution in [1.29, 1.82) is 0 Å². The molecule has 0 saturated heterocycles. The third-order valence-electron chi connectivity index (χ3n) is 3.72. The van der Waals surface area contributed by atoms with Crippen molar-refractivity contribution in [3.8, 4) is 0 Å². The van der Waals surface area contributed by atoms with Gasteiger partial charge in [-0.05, 0) is 38.2 Å². The number of hydrogen-bond acceptors (Lipinski definition) is 7. The lowest BCUT2D eigenvalue weighted by Crippen LogP contribution is -2.52. The normalized spacial score (nSPS) is 13.5. The summed E-state index contributed by atoms with van der Waals surface area (Å²) in [6.45, 7) is 1.29. The first-order chi connectivity index (χ1) is 13.6. The number of carboxylic acids is 1. The van der Waals surface area contributed by atoms with E-state index in [-0.39, 0.29) is 25.5 Å². The van der Waals surface area contributed by atoms with Crippen molar-refractivity contribution >= 4 is 41.4 Å². The highest BCUT2D eigenvalue weighted by Crippen LogP contribution is 2.00. The van der Waals surface area contributed by atoms with E-state index in [1.807, 2.05) is 6.26 Å². The van der Waals surface area contributed by atoms with Gasteiger partial charge < -0.3 is 38.3 Å². The number of carboxylic acid groups (broad SMARTS) is 1. The molecule has 3 amide bonds. The van der Waals surface area contributed by atoms with Crippen LogP contribution in [0.15, 0.2) is 4.99 Å². The zero-order valence-corrected chi connectivity index (χ0v) is 17.5. The van der Waals surface area contributed by atoms with Crippen LogP contribution in [-0.4, -0.2) is 78.0 Å². The van der Waals surface area contributed by atoms with Crippen molar-refractivity contribution in [2.45, 2.75) is 44.3 Å². The molecule has 0 aliphatic heterocycles. The minimum atomic E-state index is -1.21. The van der Waals surface area contributed by atoms with Crippen molar-refractivity contribution in [2.24, 2.45) is 22.2 Å². The van der Waals surface area contributed by atoms with Gasteiger partial charge in [0.2, 0.25) is 17.7 Å². The zero-order chi connectivity index (χ0) is 22.4. The molecular formula is C16H31N7O5S. The van der Waals surface area contributed by atoms with Crippen molar-refractivity contribution < 1.29 is 24.3 Å². The first kappa shape index (κ1) is 26.5. The molecule has 12 nitrogen and oxygen atoms in total. The Morgan fingerprint density at radius 1 is 1.10 bits per heavy atom. The number of nitrogens with one attached hydrogen (secondary N) is 3. The average molecular weight is 434 g/mol. The summed E-state index contributed by atoms with van der Waals surface area (Å²) in [6.07, 6.45) is 2.83. The Labute approximate surface area is 173 Å². The number of aliphatic carboxylic acids is 1. The third-order valence-corrected chi connectivity index (χ3v) is 4.37. The molecule has 0 aliphatic carbocycles. The average Bonchev–Trinajstić information content (AvgIpc) is 2.65. The van der Waals surface area contributed by atoms with Crippen LogP contribution in [0.3, 0.4) is 0 Å². The molecule has 0 spiro atoms. The number of amides is 3. The Kier molecular flexibility index (Phi) is 13.2. The molecule has 0 aromatic heterocycles. The lowest BCUT2D eigenvalue weighted by Gasteiger charge is -2.19. The SMILES string of the molecule is CSCCC(N)C(=O)NCC(=O)NC(C)C(=O)NC(CCCN=C(N)N)C(=O)O. The predicted octanol–water partition coefficient (Wildman–Crippen LogP) is -2.69. The summed E-state index contributed by atoms with van der Waals surface area (Å²) in [6, 6.07) is -2.86. The fraction of sp³-hybridized carbons (Fsp3) is 0.688. The van der Waals surface area contributed by atoms with Crippen molar-refractivity contribution in [2.75, 3.05) is 25.1 Å². The van der Waals surface area contributed by atoms with Crippen LogP contribution >= 0.6 is 11.8 Å². The van der Waals surface area contributed by atoms with Gasteiger partial charge in [-0.15, -0.1) is 0 Å². The number of nitrogens with two attached hydrogens (primary N) is 3. The Morgan fingerprint density at radius 3 is 2.31 bits per heavy atom. The van der Waals surface area contributed by atoms with E-state index in [0.717, 1.165) is 0 Å². The van der Waals surface area contributed by atoms with Gasteiger partial charge >= 0.3 is 5.97 Å². The minimum absolute atomic E-state index is 0.102. The van der Waals surface area contributed by atoms with Gasteiger partial charge in [0.05, 0.1) is 12.6 Å². The van der Waals surface area contributed by atoms with Crippen LogP contribution in [0.25, 0.3) is 0 Å². The highest BCUT2D eigenvalue weighted by Gasteiger charge is 2.23. The highest BCUT2D eigenvalue weighted by atomic mass is 32.2. The van der Waals surface area contributed by atoms with E-state index in [1.165, 1.54) is 6.92 Å². The molecule has 0 heterocycles. The molecule has 29 heavy (non-hydrogen) atoms. The summed E-state index contributed by atoms with van der Waals surface area (Å²) in [5.41, 5.74) is 16.1. The standard InChI is InChI=1S/C16H31N7O5S/c1-9(22-12(24)8-21-14(26)10(17)5-7-29-2)13(25)23-11(15(27)28)4-3-6-20-16(18)19/h9-11H,3-8,17H2,1-2H3,(H,21,26)(H,22,24)(H,23,25)(H,27,28)(H4,18,19,20). The molecule has 0 aromatic rings. The van der Waals surface area contributed by atoms with Crippen LogP contribution in [0.1, 0.15) is 26.2 Å². The number of thioether (sulfide) groups is 1. The van der Waals surface area contributed by atoms with Gasteiger partial charge in [0.25, 0.3) is 0 Å². The van der Waals surface area contributed by atoms with Crippen LogP contribution in [0, 0.1) is 0 Å². The lowest BCUT2D eigenvalue weighted by atomic mass is 10.1. The second-order valence-electron chi connectivity index (χ2n) is 6.24. The van der Waals surface area contributed by atoms with Crippen molar-refractivity contribution in [3.63, 3.8) is 0 Å². The minimum Gasteiger partial charge on any atom is -0.480 e. The largest absolute Gasteiger partial charge is 0.480 e. The van der Waals surface area contributed by atoms with Gasteiger partial charge in [-0.2, -0.15) is 11.8 Å². The van der Waals surface area contributed by atoms with Crippen LogP contribution in [0.5, 0.6) is 0 Å². The van der Waals surface area contributed by atoms with Gasteiger partial charge in [0.1, 0.15) is 12.1 Å². The second-order valence-corrected chi connectivity index (χ2v) is 7.23. The molecule has 0 aromatic carbocycles. The molecule has 10 N–H and O–H groups in total. The molecule has 166 valence electrons. The van der Waals surface area contributed by atoms with Gasteiger partial charge in [-0.25, -0.2) is 4.79 Å². The van der Waals surface area contributed by atoms with Gasteiger partial charge in [0.15, 0.2) is 5.96 Å². The molecule has 0 bridgehead atoms. The van der Waals surface area contributed by atoms with E-state index in [9.17, 15) is 24.3 Å². The van der Waals surface area contributed by atoms with E-state index < -0.39 is 41.8 Å². The smallest absolute Gasteiger partial charge is 0.326 e. The molecule has 0 rings (SSSR count). The summed E-state index contributed by atoms with van der Waals surface area (Å²) < 4.78 is 0. The van der Waals surface area contributed by atoms with E-state index in [0.29, 0.717) is 18.6 Å². The third kappa shape index (κ3) is 12.5. The van der Waals surface area contributed by atoms with E-state index in [4.69, 9.17) is 17.2 Å². The molecule has 0 fully saturated rings. The molecule has 0 aliphatic rings. The number of nitrogens with zero attached hydrogens (tertiary/aromatic N) is 1. The van der Waals surface area contributed by atoms with Crippen LogP contribution < -0.4 is 33.2 Å². The molecule has 13 heteroatoms. The first-order valence-corrected chi connectivity index (χ1v) is 10.4. The summed E-state index contributed by atoms with van der Waals surface area (Å²) in [4.78, 5) is 50.8. The highest BCUT2D eigenvalue weighted by molar-refractivity contribution is 7.98. The zero-order valence-electron chi connectivity index (χ0n) is 16.6. The van der Waals surface area contributed by atoms with Crippen LogP contribution in [0.4, 0.5) is 0 Å². The molecule has 0 radical (unpaired) electrons. The van der Waals surface area contributed by atoms with E-state index >= 15 is 0 Å². The number of guanidine groups is 1. The number of carbonyl (C=O) groups excluding carboxylic acids is 3. The van der Waals surface area contributed by atoms with Gasteiger partial charge in [-0.3, -0.25) is 19.4 Å². The fourth-order valence-corrected chi connectivity index (χ4v) is 2.58. The Balaban J connectivity index is 4.40. The number of rotatable bonds is 14. The number of carbonyl (C=O) groups is 4. The molecular weight excluding hydrogens is 402 g/mol. The summed E-state index contributed by atoms with van der Waals surface area (Å²) in [5, 5.41) is 16.3. The summed E-state index contributed by atoms with van der Waals surface area (Å²) in [5.74, 6) is -2.33. The quantitative estimate of drug-likeness (QED) is 0.0861. The summed E-state index contributed by atoms with van der Waals surface area (Å²) >= 11 is 1.55. The monoisotopic (exact) mass is 433 g/mol. The Morgan fingerprint density at radius 2 is 1.76 bits per heavy atom. The number of hydrogen-bond donors (Lipinski definition) is 7. The van der Waals surface area contributed by atoms with E-state index in [2.05, 4.69) is 20.9 Å². The molecule has 3 atom stereocenters. The van der Waals surface area contributed by atoms with Crippen molar-refractivity contribution in [3.05, 3.63) is 0 Å². The summed E-state index contributed by atoms with van der Waals surface area (Å²) in [7, 11) is 0. The molecule has 0 saturated carbocycles. The van der Waals surface area contributed by atoms with Crippen LogP contribution in [0.2, 0.25) is 0 Å². The number of aliphatic imine (C=N–C) groups is 1.